The molecule has 5 nitrogen and oxygen atoms in total. The molecule has 0 N–H and O–H groups in total. The first-order valence-electron chi connectivity index (χ1n) is 12.2. The number of benzene rings is 3. The molecule has 2 atom stereocenters. The van der Waals surface area contributed by atoms with Gasteiger partial charge >= 0.3 is 6.09 Å². The number of nitriles is 1. The second-order valence-electron chi connectivity index (χ2n) is 9.51. The molecule has 36 heavy (non-hydrogen) atoms. The number of fused-ring (bicyclic) bond motifs is 5. The van der Waals surface area contributed by atoms with Crippen LogP contribution in [0.3, 0.4) is 0 Å². The van der Waals surface area contributed by atoms with Gasteiger partial charge < -0.3 is 9.47 Å². The van der Waals surface area contributed by atoms with Gasteiger partial charge in [0.2, 0.25) is 0 Å². The number of carbonyl (C=O) groups is 1. The molecular formula is C30H25FN2O3. The summed E-state index contributed by atoms with van der Waals surface area (Å²) in [6.45, 7) is 1.08. The average Bonchev–Trinajstić information content (AvgIpc) is 3.21. The third-order valence-electron chi connectivity index (χ3n) is 7.43. The number of carbonyl (C=O) groups excluding carboxylic acids is 1. The van der Waals surface area contributed by atoms with E-state index >= 15 is 0 Å². The predicted molar refractivity (Wildman–Crippen MR) is 134 cm³/mol. The van der Waals surface area contributed by atoms with Gasteiger partial charge in [0, 0.05) is 11.5 Å². The zero-order valence-corrected chi connectivity index (χ0v) is 19.7. The molecule has 0 spiro atoms. The Morgan fingerprint density at radius 3 is 2.47 bits per heavy atom. The summed E-state index contributed by atoms with van der Waals surface area (Å²) >= 11 is 0. The van der Waals surface area contributed by atoms with E-state index in [0.29, 0.717) is 25.2 Å². The number of hydrogen-bond acceptors (Lipinski definition) is 4. The first-order chi connectivity index (χ1) is 17.6. The molecule has 2 bridgehead atoms. The highest BCUT2D eigenvalue weighted by Gasteiger charge is 2.40. The molecule has 3 aromatic carbocycles. The molecule has 2 aliphatic heterocycles. The van der Waals surface area contributed by atoms with E-state index in [9.17, 15) is 9.18 Å². The lowest BCUT2D eigenvalue weighted by molar-refractivity contribution is -0.0331. The molecule has 1 amide bonds. The maximum Gasteiger partial charge on any atom is 0.410 e. The van der Waals surface area contributed by atoms with E-state index in [4.69, 9.17) is 14.7 Å². The third-order valence-corrected chi connectivity index (χ3v) is 7.43. The minimum absolute atomic E-state index is 0.00565. The van der Waals surface area contributed by atoms with Crippen molar-refractivity contribution in [3.8, 4) is 17.2 Å². The monoisotopic (exact) mass is 480 g/mol. The van der Waals surface area contributed by atoms with Crippen molar-refractivity contribution in [1.82, 2.24) is 4.90 Å². The van der Waals surface area contributed by atoms with E-state index < -0.39 is 0 Å². The molecule has 0 radical (unpaired) electrons. The molecule has 180 valence electrons. The fourth-order valence-electron chi connectivity index (χ4n) is 5.76. The lowest BCUT2D eigenvalue weighted by atomic mass is 9.89. The van der Waals surface area contributed by atoms with Gasteiger partial charge in [-0.25, -0.2) is 9.18 Å². The van der Waals surface area contributed by atoms with Crippen molar-refractivity contribution in [1.29, 1.82) is 5.26 Å². The van der Waals surface area contributed by atoms with Crippen LogP contribution in [0.1, 0.15) is 34.6 Å². The van der Waals surface area contributed by atoms with Gasteiger partial charge in [0.05, 0.1) is 37.8 Å². The normalized spacial score (nSPS) is 20.2. The Hall–Kier alpha value is -3.95. The maximum atomic E-state index is 14.1. The standard InChI is InChI=1S/C30H25FN2O3/c31-29-10-9-19(13-20(29)11-12-32)21-14-22-16-35-17-23(15-21)33(22)30(34)36-18-28-26-7-3-1-5-24(26)25-6-2-4-8-27(25)28/h1-10,13-14,22-23,28H,11,15-18H2. The predicted octanol–water partition coefficient (Wildman–Crippen LogP) is 5.70. The van der Waals surface area contributed by atoms with Crippen LogP contribution >= 0.6 is 0 Å². The average molecular weight is 481 g/mol. The number of nitrogens with zero attached hydrogens (tertiary/aromatic N) is 2. The van der Waals surface area contributed by atoms with Crippen LogP contribution in [-0.2, 0) is 15.9 Å². The maximum absolute atomic E-state index is 14.1. The van der Waals surface area contributed by atoms with E-state index in [-0.39, 0.29) is 42.9 Å². The number of amides is 1. The fraction of sp³-hybridized carbons (Fsp3) is 0.267. The molecule has 2 unspecified atom stereocenters. The summed E-state index contributed by atoms with van der Waals surface area (Å²) in [4.78, 5) is 15.1. The minimum atomic E-state index is -0.375. The summed E-state index contributed by atoms with van der Waals surface area (Å²) < 4.78 is 25.8. The Labute approximate surface area is 209 Å². The summed E-state index contributed by atoms with van der Waals surface area (Å²) in [5, 5.41) is 9.00. The van der Waals surface area contributed by atoms with Crippen molar-refractivity contribution in [2.75, 3.05) is 19.8 Å². The Bertz CT molecular complexity index is 1360. The Balaban J connectivity index is 1.21. The largest absolute Gasteiger partial charge is 0.448 e. The van der Waals surface area contributed by atoms with Crippen LogP contribution in [0.4, 0.5) is 9.18 Å². The van der Waals surface area contributed by atoms with E-state index in [1.807, 2.05) is 36.4 Å². The van der Waals surface area contributed by atoms with Crippen molar-refractivity contribution >= 4 is 11.7 Å². The van der Waals surface area contributed by atoms with Crippen molar-refractivity contribution in [3.63, 3.8) is 0 Å². The van der Waals surface area contributed by atoms with E-state index in [1.54, 1.807) is 17.0 Å². The van der Waals surface area contributed by atoms with Crippen LogP contribution in [0.15, 0.2) is 72.8 Å². The van der Waals surface area contributed by atoms with E-state index in [2.05, 4.69) is 24.3 Å². The molecule has 2 heterocycles. The van der Waals surface area contributed by atoms with Gasteiger partial charge in [0.1, 0.15) is 12.4 Å². The topological polar surface area (TPSA) is 62.6 Å². The molecule has 6 rings (SSSR count). The summed E-state index contributed by atoms with van der Waals surface area (Å²) in [7, 11) is 0. The van der Waals surface area contributed by atoms with E-state index in [0.717, 1.165) is 11.1 Å². The van der Waals surface area contributed by atoms with Crippen molar-refractivity contribution < 1.29 is 18.7 Å². The molecule has 3 aromatic rings. The second-order valence-corrected chi connectivity index (χ2v) is 9.51. The third kappa shape index (κ3) is 3.86. The van der Waals surface area contributed by atoms with Crippen molar-refractivity contribution in [2.45, 2.75) is 30.8 Å². The van der Waals surface area contributed by atoms with Gasteiger partial charge in [-0.1, -0.05) is 60.7 Å². The molecule has 3 aliphatic rings. The summed E-state index contributed by atoms with van der Waals surface area (Å²) in [5.74, 6) is -0.369. The van der Waals surface area contributed by atoms with Gasteiger partial charge in [-0.2, -0.15) is 5.26 Å². The molecule has 1 aliphatic carbocycles. The Morgan fingerprint density at radius 2 is 1.78 bits per heavy atom. The number of morpholine rings is 1. The molecule has 0 saturated carbocycles. The molecule has 6 heteroatoms. The van der Waals surface area contributed by atoms with Gasteiger partial charge in [-0.05, 0) is 51.9 Å². The first kappa shape index (κ1) is 22.5. The van der Waals surface area contributed by atoms with Crippen molar-refractivity contribution in [3.05, 3.63) is 101 Å². The smallest absolute Gasteiger partial charge is 0.410 e. The van der Waals surface area contributed by atoms with Crippen LogP contribution in [-0.4, -0.2) is 42.9 Å². The number of rotatable bonds is 4. The first-order valence-corrected chi connectivity index (χ1v) is 12.2. The van der Waals surface area contributed by atoms with Gasteiger partial charge in [-0.3, -0.25) is 4.90 Å². The minimum Gasteiger partial charge on any atom is -0.448 e. The SMILES string of the molecule is N#CCc1cc(C2=CC3COCC(C2)N3C(=O)OCC2c3ccccc3-c3ccccc32)ccc1F. The molecule has 1 fully saturated rings. The number of halogens is 1. The summed E-state index contributed by atoms with van der Waals surface area (Å²) in [5.41, 5.74) is 7.05. The van der Waals surface area contributed by atoms with Crippen LogP contribution in [0.2, 0.25) is 0 Å². The van der Waals surface area contributed by atoms with Crippen molar-refractivity contribution in [2.24, 2.45) is 0 Å². The van der Waals surface area contributed by atoms with Crippen LogP contribution in [0, 0.1) is 17.1 Å². The highest BCUT2D eigenvalue weighted by molar-refractivity contribution is 5.79. The van der Waals surface area contributed by atoms with Crippen LogP contribution in [0.25, 0.3) is 16.7 Å². The van der Waals surface area contributed by atoms with Crippen LogP contribution in [0.5, 0.6) is 0 Å². The molecule has 1 saturated heterocycles. The number of ether oxygens (including phenoxy) is 2. The fourth-order valence-corrected chi connectivity index (χ4v) is 5.76. The highest BCUT2D eigenvalue weighted by atomic mass is 19.1. The van der Waals surface area contributed by atoms with E-state index in [1.165, 1.54) is 28.3 Å². The lowest BCUT2D eigenvalue weighted by Gasteiger charge is -2.44. The Kier molecular flexibility index (Phi) is 5.79. The van der Waals surface area contributed by atoms with Gasteiger partial charge in [0.15, 0.2) is 0 Å². The highest BCUT2D eigenvalue weighted by Crippen LogP contribution is 2.44. The van der Waals surface area contributed by atoms with Gasteiger partial charge in [-0.15, -0.1) is 0 Å². The molecule has 0 aromatic heterocycles. The number of hydrogen-bond donors (Lipinski definition) is 0. The molecular weight excluding hydrogens is 455 g/mol. The van der Waals surface area contributed by atoms with Gasteiger partial charge in [0.25, 0.3) is 0 Å². The second kappa shape index (κ2) is 9.25. The van der Waals surface area contributed by atoms with Crippen LogP contribution < -0.4 is 0 Å². The summed E-state index contributed by atoms with van der Waals surface area (Å²) in [6.07, 6.45) is 2.28. The zero-order chi connectivity index (χ0) is 24.6. The zero-order valence-electron chi connectivity index (χ0n) is 19.7. The summed E-state index contributed by atoms with van der Waals surface area (Å²) in [6, 6.07) is 23.1. The lowest BCUT2D eigenvalue weighted by Crippen LogP contribution is -2.56. The Morgan fingerprint density at radius 1 is 1.06 bits per heavy atom. The quantitative estimate of drug-likeness (QED) is 0.481.